The maximum absolute atomic E-state index is 12.6. The van der Waals surface area contributed by atoms with Crippen LogP contribution < -0.4 is 20.5 Å². The summed E-state index contributed by atoms with van der Waals surface area (Å²) in [5, 5.41) is 3.03. The van der Waals surface area contributed by atoms with Crippen molar-refractivity contribution in [3.05, 3.63) is 48.2 Å². The van der Waals surface area contributed by atoms with Crippen LogP contribution in [0.5, 0.6) is 17.4 Å². The zero-order chi connectivity index (χ0) is 19.5. The van der Waals surface area contributed by atoms with Crippen LogP contribution in [-0.2, 0) is 11.3 Å². The number of pyridine rings is 1. The van der Waals surface area contributed by atoms with E-state index in [0.29, 0.717) is 42.4 Å². The van der Waals surface area contributed by atoms with E-state index in [0.717, 1.165) is 18.4 Å². The van der Waals surface area contributed by atoms with Crippen LogP contribution in [0.2, 0.25) is 0 Å². The molecule has 6 heteroatoms. The van der Waals surface area contributed by atoms with Crippen molar-refractivity contribution >= 4 is 5.91 Å². The van der Waals surface area contributed by atoms with Gasteiger partial charge in [-0.15, -0.1) is 0 Å². The second kappa shape index (κ2) is 8.19. The Labute approximate surface area is 165 Å². The quantitative estimate of drug-likeness (QED) is 0.769. The van der Waals surface area contributed by atoms with Gasteiger partial charge in [0.2, 0.25) is 11.8 Å². The lowest BCUT2D eigenvalue weighted by Gasteiger charge is -2.27. The normalized spacial score (nSPS) is 25.5. The van der Waals surface area contributed by atoms with Gasteiger partial charge < -0.3 is 20.5 Å². The molecule has 2 aliphatic rings. The van der Waals surface area contributed by atoms with Gasteiger partial charge in [-0.05, 0) is 55.7 Å². The largest absolute Gasteiger partial charge is 0.490 e. The number of nitrogens with zero attached hydrogens (tertiary/aromatic N) is 1. The predicted octanol–water partition coefficient (Wildman–Crippen LogP) is 3.26. The van der Waals surface area contributed by atoms with E-state index in [1.54, 1.807) is 12.3 Å². The first-order chi connectivity index (χ1) is 13.7. The van der Waals surface area contributed by atoms with Gasteiger partial charge in [0.25, 0.3) is 0 Å². The van der Waals surface area contributed by atoms with Crippen molar-refractivity contribution in [2.75, 3.05) is 6.61 Å². The average Bonchev–Trinajstić information content (AvgIpc) is 3.30. The summed E-state index contributed by atoms with van der Waals surface area (Å²) in [6.45, 7) is 2.95. The Kier molecular flexibility index (Phi) is 5.48. The van der Waals surface area contributed by atoms with Crippen molar-refractivity contribution in [1.29, 1.82) is 0 Å². The fourth-order valence-electron chi connectivity index (χ4n) is 4.53. The van der Waals surface area contributed by atoms with Gasteiger partial charge in [-0.25, -0.2) is 4.98 Å². The van der Waals surface area contributed by atoms with Crippen molar-refractivity contribution < 1.29 is 14.3 Å². The topological polar surface area (TPSA) is 86.5 Å². The monoisotopic (exact) mass is 381 g/mol. The molecule has 0 aliphatic heterocycles. The van der Waals surface area contributed by atoms with Crippen LogP contribution in [0.1, 0.15) is 31.7 Å². The second-order valence-electron chi connectivity index (χ2n) is 7.64. The number of fused-ring (bicyclic) bond motifs is 2. The van der Waals surface area contributed by atoms with Crippen LogP contribution >= 0.6 is 0 Å². The molecule has 28 heavy (non-hydrogen) atoms. The molecule has 2 aromatic rings. The minimum atomic E-state index is -0.0376. The number of nitrogens with two attached hydrogens (primary N) is 1. The van der Waals surface area contributed by atoms with Crippen LogP contribution in [0.4, 0.5) is 0 Å². The van der Waals surface area contributed by atoms with Crippen molar-refractivity contribution in [3.63, 3.8) is 0 Å². The number of ether oxygens (including phenoxy) is 2. The fraction of sp³-hybridized carbons (Fsp3) is 0.455. The number of benzene rings is 1. The molecule has 0 saturated heterocycles. The molecule has 6 nitrogen and oxygen atoms in total. The highest BCUT2D eigenvalue weighted by atomic mass is 16.5. The van der Waals surface area contributed by atoms with Crippen LogP contribution in [0.25, 0.3) is 0 Å². The molecule has 2 saturated carbocycles. The van der Waals surface area contributed by atoms with E-state index in [1.165, 1.54) is 6.42 Å². The maximum atomic E-state index is 12.6. The molecule has 4 rings (SSSR count). The standard InChI is InChI=1S/C22H27N3O3/c1-2-27-17-5-3-4-6-18(17)28-19-10-7-14(12-24-19)13-25-22(26)20-15-8-9-16(11-15)21(20)23/h3-7,10,12,15-16,20-21H,2,8-9,11,13,23H2,1H3,(H,25,26). The lowest BCUT2D eigenvalue weighted by atomic mass is 9.84. The number of rotatable bonds is 7. The van der Waals surface area contributed by atoms with Crippen molar-refractivity contribution in [2.24, 2.45) is 23.5 Å². The van der Waals surface area contributed by atoms with Crippen LogP contribution in [0, 0.1) is 17.8 Å². The molecule has 0 spiro atoms. The SMILES string of the molecule is CCOc1ccccc1Oc1ccc(CNC(=O)C2C3CCC(C3)C2N)cn1. The molecule has 2 bridgehead atoms. The van der Waals surface area contributed by atoms with Gasteiger partial charge >= 0.3 is 0 Å². The van der Waals surface area contributed by atoms with E-state index < -0.39 is 0 Å². The van der Waals surface area contributed by atoms with Gasteiger partial charge in [0, 0.05) is 24.8 Å². The number of hydrogen-bond acceptors (Lipinski definition) is 5. The number of aromatic nitrogens is 1. The third-order valence-electron chi connectivity index (χ3n) is 5.91. The van der Waals surface area contributed by atoms with E-state index in [4.69, 9.17) is 15.2 Å². The number of para-hydroxylation sites is 2. The van der Waals surface area contributed by atoms with Gasteiger partial charge in [0.05, 0.1) is 12.5 Å². The van der Waals surface area contributed by atoms with Gasteiger partial charge in [-0.3, -0.25) is 4.79 Å². The van der Waals surface area contributed by atoms with E-state index >= 15 is 0 Å². The highest BCUT2D eigenvalue weighted by molar-refractivity contribution is 5.80. The molecule has 4 unspecified atom stereocenters. The molecule has 1 aromatic carbocycles. The van der Waals surface area contributed by atoms with E-state index in [9.17, 15) is 4.79 Å². The zero-order valence-electron chi connectivity index (χ0n) is 16.1. The summed E-state index contributed by atoms with van der Waals surface area (Å²) >= 11 is 0. The summed E-state index contributed by atoms with van der Waals surface area (Å²) < 4.78 is 11.4. The Morgan fingerprint density at radius 2 is 1.96 bits per heavy atom. The molecular formula is C22H27N3O3. The summed E-state index contributed by atoms with van der Waals surface area (Å²) in [5.74, 6) is 2.82. The summed E-state index contributed by atoms with van der Waals surface area (Å²) in [5.41, 5.74) is 7.19. The highest BCUT2D eigenvalue weighted by Crippen LogP contribution is 2.47. The molecule has 4 atom stereocenters. The first-order valence-electron chi connectivity index (χ1n) is 10.0. The van der Waals surface area contributed by atoms with Crippen LogP contribution in [-0.4, -0.2) is 23.5 Å². The first kappa shape index (κ1) is 18.7. The molecular weight excluding hydrogens is 354 g/mol. The average molecular weight is 381 g/mol. The van der Waals surface area contributed by atoms with Gasteiger partial charge in [-0.1, -0.05) is 18.2 Å². The lowest BCUT2D eigenvalue weighted by molar-refractivity contribution is -0.127. The highest BCUT2D eigenvalue weighted by Gasteiger charge is 2.48. The number of hydrogen-bond donors (Lipinski definition) is 2. The van der Waals surface area contributed by atoms with Gasteiger partial charge in [-0.2, -0.15) is 0 Å². The molecule has 3 N–H and O–H groups in total. The Hall–Kier alpha value is -2.60. The fourth-order valence-corrected chi connectivity index (χ4v) is 4.53. The minimum absolute atomic E-state index is 0.0121. The summed E-state index contributed by atoms with van der Waals surface area (Å²) in [6.07, 6.45) is 5.14. The zero-order valence-corrected chi connectivity index (χ0v) is 16.1. The summed E-state index contributed by atoms with van der Waals surface area (Å²) in [6, 6.07) is 11.2. The Balaban J connectivity index is 1.33. The number of amides is 1. The number of carbonyl (C=O) groups excluding carboxylic acids is 1. The minimum Gasteiger partial charge on any atom is -0.490 e. The molecule has 1 amide bonds. The smallest absolute Gasteiger partial charge is 0.225 e. The van der Waals surface area contributed by atoms with E-state index in [1.807, 2.05) is 37.3 Å². The van der Waals surface area contributed by atoms with Crippen molar-refractivity contribution in [3.8, 4) is 17.4 Å². The molecule has 2 fully saturated rings. The molecule has 0 radical (unpaired) electrons. The Morgan fingerprint density at radius 3 is 2.64 bits per heavy atom. The number of carbonyl (C=O) groups is 1. The predicted molar refractivity (Wildman–Crippen MR) is 106 cm³/mol. The van der Waals surface area contributed by atoms with Crippen LogP contribution in [0.15, 0.2) is 42.6 Å². The molecule has 1 heterocycles. The summed E-state index contributed by atoms with van der Waals surface area (Å²) in [4.78, 5) is 16.9. The maximum Gasteiger partial charge on any atom is 0.225 e. The Morgan fingerprint density at radius 1 is 1.18 bits per heavy atom. The molecule has 2 aliphatic carbocycles. The summed E-state index contributed by atoms with van der Waals surface area (Å²) in [7, 11) is 0. The second-order valence-corrected chi connectivity index (χ2v) is 7.64. The lowest BCUT2D eigenvalue weighted by Crippen LogP contribution is -2.45. The van der Waals surface area contributed by atoms with Crippen molar-refractivity contribution in [2.45, 2.75) is 38.8 Å². The first-order valence-corrected chi connectivity index (χ1v) is 10.0. The molecule has 148 valence electrons. The van der Waals surface area contributed by atoms with Gasteiger partial charge in [0.1, 0.15) is 0 Å². The van der Waals surface area contributed by atoms with Crippen molar-refractivity contribution in [1.82, 2.24) is 10.3 Å². The third-order valence-corrected chi connectivity index (χ3v) is 5.91. The third kappa shape index (κ3) is 3.83. The van der Waals surface area contributed by atoms with E-state index in [2.05, 4.69) is 10.3 Å². The van der Waals surface area contributed by atoms with E-state index in [-0.39, 0.29) is 17.9 Å². The molecule has 1 aromatic heterocycles. The van der Waals surface area contributed by atoms with Gasteiger partial charge in [0.15, 0.2) is 11.5 Å². The van der Waals surface area contributed by atoms with Crippen LogP contribution in [0.3, 0.4) is 0 Å². The Bertz CT molecular complexity index is 822. The number of nitrogens with one attached hydrogen (secondary N) is 1.